The summed E-state index contributed by atoms with van der Waals surface area (Å²) in [4.78, 5) is 11.7. The normalized spacial score (nSPS) is 17.4. The first-order chi connectivity index (χ1) is 10.3. The van der Waals surface area contributed by atoms with E-state index in [1.54, 1.807) is 0 Å². The number of benzene rings is 1. The molecule has 0 amide bonds. The first-order valence-electron chi connectivity index (χ1n) is 7.32. The Bertz CT molecular complexity index is 689. The molecule has 1 saturated carbocycles. The number of halogens is 1. The predicted molar refractivity (Wildman–Crippen MR) is 86.9 cm³/mol. The molecule has 0 spiro atoms. The van der Waals surface area contributed by atoms with Crippen LogP contribution in [0.1, 0.15) is 18.4 Å². The zero-order valence-corrected chi connectivity index (χ0v) is 12.4. The number of aliphatic imine (C=N–C) groups is 1. The van der Waals surface area contributed by atoms with Gasteiger partial charge in [-0.3, -0.25) is 4.99 Å². The summed E-state index contributed by atoms with van der Waals surface area (Å²) in [7, 11) is 0. The maximum absolute atomic E-state index is 5.95. The Morgan fingerprint density at radius 1 is 1.14 bits per heavy atom. The van der Waals surface area contributed by atoms with E-state index in [-0.39, 0.29) is 0 Å². The number of aromatic nitrogens is 1. The van der Waals surface area contributed by atoms with Crippen molar-refractivity contribution in [1.82, 2.24) is 4.98 Å². The fraction of sp³-hybridized carbons (Fsp3) is 0.294. The van der Waals surface area contributed by atoms with Crippen molar-refractivity contribution in [1.29, 1.82) is 0 Å². The lowest BCUT2D eigenvalue weighted by Crippen LogP contribution is -2.35. The summed E-state index contributed by atoms with van der Waals surface area (Å²) < 4.78 is 0. The van der Waals surface area contributed by atoms with Crippen LogP contribution in [0.4, 0.5) is 11.5 Å². The van der Waals surface area contributed by atoms with Gasteiger partial charge in [0.1, 0.15) is 5.69 Å². The van der Waals surface area contributed by atoms with Crippen molar-refractivity contribution < 1.29 is 0 Å². The van der Waals surface area contributed by atoms with Gasteiger partial charge in [0.2, 0.25) is 0 Å². The van der Waals surface area contributed by atoms with E-state index >= 15 is 0 Å². The summed E-state index contributed by atoms with van der Waals surface area (Å²) in [5.74, 6) is 1.04. The van der Waals surface area contributed by atoms with E-state index in [1.807, 2.05) is 24.4 Å². The molecule has 2 heterocycles. The highest BCUT2D eigenvalue weighted by atomic mass is 35.5. The van der Waals surface area contributed by atoms with Crippen LogP contribution < -0.4 is 4.90 Å². The summed E-state index contributed by atoms with van der Waals surface area (Å²) in [6, 6.07) is 12.7. The molecule has 1 aromatic carbocycles. The lowest BCUT2D eigenvalue weighted by Gasteiger charge is -2.29. The minimum Gasteiger partial charge on any atom is -0.346 e. The molecule has 0 radical (unpaired) electrons. The van der Waals surface area contributed by atoms with Gasteiger partial charge in [0.25, 0.3) is 0 Å². The summed E-state index contributed by atoms with van der Waals surface area (Å²) in [6.45, 7) is 0.886. The summed E-state index contributed by atoms with van der Waals surface area (Å²) in [5.41, 5.74) is 3.45. The Morgan fingerprint density at radius 3 is 2.71 bits per heavy atom. The van der Waals surface area contributed by atoms with Crippen molar-refractivity contribution in [2.75, 3.05) is 11.4 Å². The van der Waals surface area contributed by atoms with Gasteiger partial charge in [0.05, 0.1) is 6.54 Å². The van der Waals surface area contributed by atoms with Gasteiger partial charge in [-0.1, -0.05) is 23.7 Å². The molecule has 0 N–H and O–H groups in total. The molecule has 1 aromatic heterocycles. The van der Waals surface area contributed by atoms with Gasteiger partial charge in [0, 0.05) is 29.4 Å². The highest BCUT2D eigenvalue weighted by Crippen LogP contribution is 2.38. The molecule has 4 heteroatoms. The van der Waals surface area contributed by atoms with E-state index in [0.717, 1.165) is 29.5 Å². The summed E-state index contributed by atoms with van der Waals surface area (Å²) in [5, 5.41) is 0.776. The van der Waals surface area contributed by atoms with Crippen molar-refractivity contribution in [3.63, 3.8) is 0 Å². The Balaban J connectivity index is 1.64. The molecule has 0 saturated heterocycles. The van der Waals surface area contributed by atoms with Crippen LogP contribution in [0.15, 0.2) is 47.6 Å². The number of hydrogen-bond acceptors (Lipinski definition) is 3. The third kappa shape index (κ3) is 2.66. The molecule has 0 bridgehead atoms. The molecule has 1 aliphatic heterocycles. The Hall–Kier alpha value is -1.87. The minimum absolute atomic E-state index is 0.648. The molecule has 0 unspecified atom stereocenters. The van der Waals surface area contributed by atoms with Crippen molar-refractivity contribution in [3.8, 4) is 0 Å². The van der Waals surface area contributed by atoms with Crippen LogP contribution in [0.3, 0.4) is 0 Å². The summed E-state index contributed by atoms with van der Waals surface area (Å²) in [6.07, 6.45) is 5.26. The monoisotopic (exact) mass is 297 g/mol. The van der Waals surface area contributed by atoms with Gasteiger partial charge in [-0.05, 0) is 42.7 Å². The Kier molecular flexibility index (Phi) is 3.15. The standard InChI is InChI=1S/C17H16ClN3/c18-13-5-3-12(4-6-13)10-14-11-21(15-7-8-15)17-16(20-14)2-1-9-19-17/h1-6,9,15H,7-8,10-11H2. The molecule has 1 fully saturated rings. The van der Waals surface area contributed by atoms with Crippen molar-refractivity contribution in [3.05, 3.63) is 53.2 Å². The third-order valence-corrected chi connectivity index (χ3v) is 4.23. The van der Waals surface area contributed by atoms with Crippen LogP contribution in [0.25, 0.3) is 0 Å². The number of nitrogens with zero attached hydrogens (tertiary/aromatic N) is 3. The lowest BCUT2D eigenvalue weighted by molar-refractivity contribution is 0.839. The highest BCUT2D eigenvalue weighted by molar-refractivity contribution is 6.30. The number of anilines is 1. The average molecular weight is 298 g/mol. The molecule has 106 valence electrons. The molecule has 1 aliphatic carbocycles. The van der Waals surface area contributed by atoms with Gasteiger partial charge < -0.3 is 4.90 Å². The van der Waals surface area contributed by atoms with Gasteiger partial charge in [-0.25, -0.2) is 4.98 Å². The van der Waals surface area contributed by atoms with Crippen LogP contribution in [0.2, 0.25) is 5.02 Å². The van der Waals surface area contributed by atoms with E-state index in [0.29, 0.717) is 6.04 Å². The second-order valence-electron chi connectivity index (χ2n) is 5.69. The lowest BCUT2D eigenvalue weighted by atomic mass is 10.1. The summed E-state index contributed by atoms with van der Waals surface area (Å²) >= 11 is 5.95. The van der Waals surface area contributed by atoms with Crippen molar-refractivity contribution in [2.45, 2.75) is 25.3 Å². The average Bonchev–Trinajstić information content (AvgIpc) is 3.33. The molecule has 2 aromatic rings. The van der Waals surface area contributed by atoms with Gasteiger partial charge in [-0.15, -0.1) is 0 Å². The zero-order chi connectivity index (χ0) is 14.2. The van der Waals surface area contributed by atoms with E-state index in [2.05, 4.69) is 28.1 Å². The topological polar surface area (TPSA) is 28.5 Å². The second-order valence-corrected chi connectivity index (χ2v) is 6.12. The molecule has 21 heavy (non-hydrogen) atoms. The molecular weight excluding hydrogens is 282 g/mol. The van der Waals surface area contributed by atoms with Crippen LogP contribution in [-0.2, 0) is 6.42 Å². The van der Waals surface area contributed by atoms with Crippen LogP contribution in [0, 0.1) is 0 Å². The maximum Gasteiger partial charge on any atom is 0.155 e. The maximum atomic E-state index is 5.95. The first kappa shape index (κ1) is 12.8. The Morgan fingerprint density at radius 2 is 1.95 bits per heavy atom. The van der Waals surface area contributed by atoms with E-state index in [4.69, 9.17) is 16.6 Å². The molecule has 2 aliphatic rings. The Labute approximate surface area is 129 Å². The second kappa shape index (κ2) is 5.15. The third-order valence-electron chi connectivity index (χ3n) is 3.98. The van der Waals surface area contributed by atoms with E-state index < -0.39 is 0 Å². The van der Waals surface area contributed by atoms with Crippen LogP contribution >= 0.6 is 11.6 Å². The van der Waals surface area contributed by atoms with Gasteiger partial charge >= 0.3 is 0 Å². The molecule has 4 rings (SSSR count). The SMILES string of the molecule is Clc1ccc(CC2=Nc3cccnc3N(C3CC3)C2)cc1. The predicted octanol–water partition coefficient (Wildman–Crippen LogP) is 4.03. The first-order valence-corrected chi connectivity index (χ1v) is 7.70. The number of fused-ring (bicyclic) bond motifs is 1. The van der Waals surface area contributed by atoms with E-state index in [1.165, 1.54) is 24.1 Å². The van der Waals surface area contributed by atoms with Crippen molar-refractivity contribution >= 4 is 28.8 Å². The number of pyridine rings is 1. The van der Waals surface area contributed by atoms with E-state index in [9.17, 15) is 0 Å². The molecule has 0 atom stereocenters. The molecular formula is C17H16ClN3. The minimum atomic E-state index is 0.648. The fourth-order valence-electron chi connectivity index (χ4n) is 2.80. The number of rotatable bonds is 3. The van der Waals surface area contributed by atoms with Crippen LogP contribution in [0.5, 0.6) is 0 Å². The van der Waals surface area contributed by atoms with Gasteiger partial charge in [0.15, 0.2) is 5.82 Å². The fourth-order valence-corrected chi connectivity index (χ4v) is 2.92. The van der Waals surface area contributed by atoms with Crippen molar-refractivity contribution in [2.24, 2.45) is 4.99 Å². The quantitative estimate of drug-likeness (QED) is 0.855. The van der Waals surface area contributed by atoms with Crippen LogP contribution in [-0.4, -0.2) is 23.3 Å². The smallest absolute Gasteiger partial charge is 0.155 e. The number of hydrogen-bond donors (Lipinski definition) is 0. The highest BCUT2D eigenvalue weighted by Gasteiger charge is 2.33. The zero-order valence-electron chi connectivity index (χ0n) is 11.7. The van der Waals surface area contributed by atoms with Gasteiger partial charge in [-0.2, -0.15) is 0 Å². The largest absolute Gasteiger partial charge is 0.346 e. The molecule has 3 nitrogen and oxygen atoms in total.